The zero-order chi connectivity index (χ0) is 11.4. The van der Waals surface area contributed by atoms with Crippen molar-refractivity contribution in [2.75, 3.05) is 7.11 Å². The zero-order valence-corrected chi connectivity index (χ0v) is 9.52. The lowest BCUT2D eigenvalue weighted by Crippen LogP contribution is -2.23. The minimum atomic E-state index is -1.20. The van der Waals surface area contributed by atoms with Gasteiger partial charge in [0, 0.05) is 5.56 Å². The maximum absolute atomic E-state index is 11.5. The Labute approximate surface area is 95.0 Å². The molecule has 0 spiro atoms. The molecule has 0 amide bonds. The molecule has 1 N–H and O–H groups in total. The van der Waals surface area contributed by atoms with Crippen LogP contribution >= 0.6 is 15.9 Å². The highest BCUT2D eigenvalue weighted by atomic mass is 79.9. The van der Waals surface area contributed by atoms with E-state index in [0.29, 0.717) is 11.3 Å². The normalized spacial score (nSPS) is 11.9. The molecule has 0 aliphatic heterocycles. The fourth-order valence-electron chi connectivity index (χ4n) is 1.01. The first-order valence-electron chi connectivity index (χ1n) is 4.11. The number of methoxy groups -OCH3 is 1. The fraction of sp³-hybridized carbons (Fsp3) is 0.200. The number of carboxylic acid groups (broad SMARTS) is 1. The quantitative estimate of drug-likeness (QED) is 0.515. The summed E-state index contributed by atoms with van der Waals surface area (Å²) in [6.45, 7) is 0. The van der Waals surface area contributed by atoms with Crippen molar-refractivity contribution in [1.82, 2.24) is 0 Å². The van der Waals surface area contributed by atoms with Crippen LogP contribution in [0.4, 0.5) is 0 Å². The second kappa shape index (κ2) is 4.93. The van der Waals surface area contributed by atoms with E-state index >= 15 is 0 Å². The minimum absolute atomic E-state index is 0.333. The number of halogens is 1. The molecule has 1 rings (SSSR count). The summed E-state index contributed by atoms with van der Waals surface area (Å²) in [4.78, 5) is 20.9. The third kappa shape index (κ3) is 2.79. The fourth-order valence-corrected chi connectivity index (χ4v) is 1.28. The average Bonchev–Trinajstić information content (AvgIpc) is 2.27. The Kier molecular flexibility index (Phi) is 3.85. The maximum atomic E-state index is 11.5. The number of hydrogen-bond donors (Lipinski definition) is 1. The van der Waals surface area contributed by atoms with E-state index in [-0.39, 0.29) is 0 Å². The number of carboxylic acids is 1. The number of aliphatic carboxylic acids is 1. The van der Waals surface area contributed by atoms with E-state index in [1.54, 1.807) is 12.1 Å². The highest BCUT2D eigenvalue weighted by Gasteiger charge is 2.23. The van der Waals surface area contributed by atoms with E-state index in [4.69, 9.17) is 9.84 Å². The summed E-state index contributed by atoms with van der Waals surface area (Å²) in [5.41, 5.74) is 0.333. The monoisotopic (exact) mass is 272 g/mol. The van der Waals surface area contributed by atoms with Crippen molar-refractivity contribution in [3.63, 3.8) is 0 Å². The van der Waals surface area contributed by atoms with Gasteiger partial charge < -0.3 is 9.84 Å². The van der Waals surface area contributed by atoms with Crippen LogP contribution < -0.4 is 4.74 Å². The maximum Gasteiger partial charge on any atom is 0.325 e. The summed E-state index contributed by atoms with van der Waals surface area (Å²) in [7, 11) is 1.52. The van der Waals surface area contributed by atoms with Gasteiger partial charge in [-0.3, -0.25) is 9.59 Å². The number of hydrogen-bond acceptors (Lipinski definition) is 3. The van der Waals surface area contributed by atoms with E-state index in [9.17, 15) is 9.59 Å². The second-order valence-corrected chi connectivity index (χ2v) is 3.71. The number of ether oxygens (including phenoxy) is 1. The summed E-state index contributed by atoms with van der Waals surface area (Å²) in [6, 6.07) is 6.26. The Bertz CT molecular complexity index is 372. The molecule has 0 aliphatic rings. The van der Waals surface area contributed by atoms with Crippen LogP contribution in [0.1, 0.15) is 10.4 Å². The van der Waals surface area contributed by atoms with Crippen molar-refractivity contribution in [3.05, 3.63) is 29.8 Å². The van der Waals surface area contributed by atoms with Crippen LogP contribution in [0.25, 0.3) is 0 Å². The second-order valence-electron chi connectivity index (χ2n) is 2.79. The highest BCUT2D eigenvalue weighted by molar-refractivity contribution is 9.10. The van der Waals surface area contributed by atoms with E-state index in [1.165, 1.54) is 19.2 Å². The molecular formula is C10H9BrO4. The summed E-state index contributed by atoms with van der Waals surface area (Å²) < 4.78 is 4.92. The number of benzene rings is 1. The molecule has 0 fully saturated rings. The smallest absolute Gasteiger partial charge is 0.325 e. The number of alkyl halides is 1. The molecule has 1 atom stereocenters. The molecule has 0 aliphatic carbocycles. The number of Topliss-reactive ketones (excluding diaryl/α,β-unsaturated/α-hetero) is 1. The van der Waals surface area contributed by atoms with Gasteiger partial charge in [-0.2, -0.15) is 0 Å². The van der Waals surface area contributed by atoms with Crippen LogP contribution in [0.15, 0.2) is 24.3 Å². The van der Waals surface area contributed by atoms with Crippen LogP contribution in [0.2, 0.25) is 0 Å². The van der Waals surface area contributed by atoms with Gasteiger partial charge in [0.1, 0.15) is 5.75 Å². The van der Waals surface area contributed by atoms with Crippen molar-refractivity contribution in [3.8, 4) is 5.75 Å². The van der Waals surface area contributed by atoms with Gasteiger partial charge >= 0.3 is 5.97 Å². The van der Waals surface area contributed by atoms with Crippen LogP contribution in [-0.4, -0.2) is 28.8 Å². The van der Waals surface area contributed by atoms with E-state index < -0.39 is 16.6 Å². The molecule has 0 radical (unpaired) electrons. The first-order chi connectivity index (χ1) is 7.06. The zero-order valence-electron chi connectivity index (χ0n) is 7.94. The summed E-state index contributed by atoms with van der Waals surface area (Å²) in [5.74, 6) is -1.06. The van der Waals surface area contributed by atoms with Crippen molar-refractivity contribution < 1.29 is 19.4 Å². The van der Waals surface area contributed by atoms with Crippen molar-refractivity contribution >= 4 is 27.7 Å². The molecule has 80 valence electrons. The Balaban J connectivity index is 2.87. The summed E-state index contributed by atoms with van der Waals surface area (Å²) in [6.07, 6.45) is 0. The van der Waals surface area contributed by atoms with Gasteiger partial charge in [-0.1, -0.05) is 15.9 Å². The van der Waals surface area contributed by atoms with Crippen molar-refractivity contribution in [2.45, 2.75) is 4.83 Å². The lowest BCUT2D eigenvalue weighted by molar-refractivity contribution is -0.135. The number of ketones is 1. The molecule has 0 heterocycles. The van der Waals surface area contributed by atoms with Gasteiger partial charge in [0.05, 0.1) is 7.11 Å². The van der Waals surface area contributed by atoms with Crippen LogP contribution in [0, 0.1) is 0 Å². The SMILES string of the molecule is COc1ccc(C(=O)C(Br)C(=O)O)cc1. The number of carbonyl (C=O) groups is 2. The van der Waals surface area contributed by atoms with Crippen LogP contribution in [0.3, 0.4) is 0 Å². The van der Waals surface area contributed by atoms with Gasteiger partial charge in [0.25, 0.3) is 0 Å². The molecule has 1 unspecified atom stereocenters. The first kappa shape index (κ1) is 11.7. The van der Waals surface area contributed by atoms with E-state index in [0.717, 1.165) is 0 Å². The predicted octanol–water partition coefficient (Wildman–Crippen LogP) is 1.73. The molecule has 0 bridgehead atoms. The van der Waals surface area contributed by atoms with Crippen molar-refractivity contribution in [1.29, 1.82) is 0 Å². The Morgan fingerprint density at radius 2 is 1.87 bits per heavy atom. The molecule has 0 saturated carbocycles. The van der Waals surface area contributed by atoms with Gasteiger partial charge in [0.15, 0.2) is 10.6 Å². The lowest BCUT2D eigenvalue weighted by atomic mass is 10.1. The van der Waals surface area contributed by atoms with Crippen LogP contribution in [-0.2, 0) is 4.79 Å². The van der Waals surface area contributed by atoms with Crippen LogP contribution in [0.5, 0.6) is 5.75 Å². The summed E-state index contributed by atoms with van der Waals surface area (Å²) in [5, 5.41) is 8.62. The molecule has 1 aromatic rings. The molecule has 1 aromatic carbocycles. The largest absolute Gasteiger partial charge is 0.497 e. The molecule has 4 nitrogen and oxygen atoms in total. The highest BCUT2D eigenvalue weighted by Crippen LogP contribution is 2.15. The molecule has 5 heteroatoms. The minimum Gasteiger partial charge on any atom is -0.497 e. The van der Waals surface area contributed by atoms with Crippen molar-refractivity contribution in [2.24, 2.45) is 0 Å². The molecular weight excluding hydrogens is 264 g/mol. The van der Waals surface area contributed by atoms with Gasteiger partial charge in [0.2, 0.25) is 0 Å². The number of rotatable bonds is 4. The lowest BCUT2D eigenvalue weighted by Gasteiger charge is -2.04. The standard InChI is InChI=1S/C10H9BrO4/c1-15-7-4-2-6(3-5-7)9(12)8(11)10(13)14/h2-5,8H,1H3,(H,13,14). The molecule has 0 aromatic heterocycles. The summed E-state index contributed by atoms with van der Waals surface area (Å²) >= 11 is 2.80. The third-order valence-corrected chi connectivity index (χ3v) is 2.63. The van der Waals surface area contributed by atoms with Gasteiger partial charge in [-0.25, -0.2) is 0 Å². The third-order valence-electron chi connectivity index (χ3n) is 1.82. The van der Waals surface area contributed by atoms with Gasteiger partial charge in [-0.05, 0) is 24.3 Å². The molecule has 0 saturated heterocycles. The van der Waals surface area contributed by atoms with E-state index in [1.807, 2.05) is 0 Å². The first-order valence-corrected chi connectivity index (χ1v) is 5.03. The van der Waals surface area contributed by atoms with Gasteiger partial charge in [-0.15, -0.1) is 0 Å². The Hall–Kier alpha value is -1.36. The molecule has 15 heavy (non-hydrogen) atoms. The Morgan fingerprint density at radius 1 is 1.33 bits per heavy atom. The van der Waals surface area contributed by atoms with E-state index in [2.05, 4.69) is 15.9 Å². The Morgan fingerprint density at radius 3 is 2.27 bits per heavy atom. The topological polar surface area (TPSA) is 63.6 Å². The predicted molar refractivity (Wildman–Crippen MR) is 57.7 cm³/mol. The average molecular weight is 273 g/mol. The number of carbonyl (C=O) groups excluding carboxylic acids is 1.